The molecule has 36 heavy (non-hydrogen) atoms. The van der Waals surface area contributed by atoms with E-state index >= 15 is 0 Å². The van der Waals surface area contributed by atoms with Crippen LogP contribution in [0.1, 0.15) is 45.7 Å². The van der Waals surface area contributed by atoms with Gasteiger partial charge in [-0.2, -0.15) is 5.26 Å². The van der Waals surface area contributed by atoms with Gasteiger partial charge >= 0.3 is 0 Å². The van der Waals surface area contributed by atoms with Gasteiger partial charge in [-0.25, -0.2) is 0 Å². The van der Waals surface area contributed by atoms with Crippen LogP contribution in [0.4, 0.5) is 5.00 Å². The quantitative estimate of drug-likeness (QED) is 0.219. The van der Waals surface area contributed by atoms with Gasteiger partial charge in [-0.3, -0.25) is 4.79 Å². The molecule has 1 aliphatic rings. The van der Waals surface area contributed by atoms with E-state index in [-0.39, 0.29) is 11.7 Å². The van der Waals surface area contributed by atoms with E-state index in [0.717, 1.165) is 48.2 Å². The molecule has 9 heteroatoms. The number of carbonyl (C=O) groups is 1. The summed E-state index contributed by atoms with van der Waals surface area (Å²) in [5, 5.41) is 25.0. The second kappa shape index (κ2) is 10.6. The zero-order chi connectivity index (χ0) is 25.2. The number of aromatic nitrogens is 3. The summed E-state index contributed by atoms with van der Waals surface area (Å²) in [5.74, 6) is 0.850. The zero-order valence-corrected chi connectivity index (χ0v) is 23.0. The predicted molar refractivity (Wildman–Crippen MR) is 149 cm³/mol. The van der Waals surface area contributed by atoms with E-state index in [1.165, 1.54) is 39.1 Å². The molecule has 4 aromatic rings. The van der Waals surface area contributed by atoms with Gasteiger partial charge in [-0.05, 0) is 50.7 Å². The van der Waals surface area contributed by atoms with Crippen LogP contribution in [0.3, 0.4) is 0 Å². The molecule has 6 nitrogen and oxygen atoms in total. The van der Waals surface area contributed by atoms with Crippen LogP contribution >= 0.6 is 34.4 Å². The number of hydrogen-bond acceptors (Lipinski definition) is 7. The van der Waals surface area contributed by atoms with E-state index in [1.54, 1.807) is 22.7 Å². The molecule has 0 bridgehead atoms. The molecule has 1 aliphatic carbocycles. The molecular formula is C27H27N5OS3. The second-order valence-electron chi connectivity index (χ2n) is 9.03. The van der Waals surface area contributed by atoms with Gasteiger partial charge in [0.2, 0.25) is 5.91 Å². The average Bonchev–Trinajstić information content (AvgIpc) is 3.47. The van der Waals surface area contributed by atoms with Crippen molar-refractivity contribution in [1.29, 1.82) is 5.26 Å². The van der Waals surface area contributed by atoms with E-state index in [1.807, 2.05) is 11.6 Å². The van der Waals surface area contributed by atoms with Crippen LogP contribution in [0.25, 0.3) is 22.5 Å². The fourth-order valence-electron chi connectivity index (χ4n) is 4.62. The molecule has 0 aliphatic heterocycles. The zero-order valence-electron chi connectivity index (χ0n) is 20.6. The Bertz CT molecular complexity index is 1460. The molecule has 5 rings (SSSR count). The van der Waals surface area contributed by atoms with Crippen LogP contribution in [-0.4, -0.2) is 26.4 Å². The highest BCUT2D eigenvalue weighted by Crippen LogP contribution is 2.39. The summed E-state index contributed by atoms with van der Waals surface area (Å²) in [6.07, 6.45) is 5.36. The molecule has 0 fully saturated rings. The third kappa shape index (κ3) is 4.85. The molecule has 1 N–H and O–H groups in total. The number of fused-ring (bicyclic) bond motifs is 1. The number of benzene rings is 1. The molecule has 0 saturated carbocycles. The van der Waals surface area contributed by atoms with Crippen LogP contribution in [0.2, 0.25) is 0 Å². The molecular weight excluding hydrogens is 507 g/mol. The van der Waals surface area contributed by atoms with Gasteiger partial charge < -0.3 is 9.88 Å². The van der Waals surface area contributed by atoms with Crippen molar-refractivity contribution in [2.45, 2.75) is 51.1 Å². The number of amides is 1. The topological polar surface area (TPSA) is 83.6 Å². The molecule has 0 unspecified atom stereocenters. The highest BCUT2D eigenvalue weighted by atomic mass is 32.2. The van der Waals surface area contributed by atoms with E-state index in [0.29, 0.717) is 15.7 Å². The van der Waals surface area contributed by atoms with Gasteiger partial charge in [-0.15, -0.1) is 32.9 Å². The molecule has 1 aromatic carbocycles. The maximum Gasteiger partial charge on any atom is 0.235 e. The second-order valence-corrected chi connectivity index (χ2v) is 12.2. The number of hydrogen-bond donors (Lipinski definition) is 1. The number of nitriles is 1. The number of carbonyl (C=O) groups excluding carboxylic acids is 1. The van der Waals surface area contributed by atoms with Crippen molar-refractivity contribution in [3.63, 3.8) is 0 Å². The van der Waals surface area contributed by atoms with E-state index in [4.69, 9.17) is 0 Å². The Kier molecular flexibility index (Phi) is 7.28. The number of thioether (sulfide) groups is 1. The third-order valence-electron chi connectivity index (χ3n) is 6.51. The Morgan fingerprint density at radius 2 is 1.94 bits per heavy atom. The molecule has 1 amide bonds. The van der Waals surface area contributed by atoms with Crippen molar-refractivity contribution in [1.82, 2.24) is 14.8 Å². The standard InChI is InChI=1S/C27H27N5OS3/c1-16-9-11-18(12-10-16)24-17(2)34-14-21(24)25-30-31-27(32(25)3)35-15-23(33)29-26-20(13-28)19-7-5-4-6-8-22(19)36-26/h9-12,14H,4-8,15H2,1-3H3,(H,29,33). The van der Waals surface area contributed by atoms with E-state index < -0.39 is 0 Å². The first-order valence-corrected chi connectivity index (χ1v) is 14.7. The maximum atomic E-state index is 12.8. The average molecular weight is 534 g/mol. The molecule has 184 valence electrons. The number of nitrogens with zero attached hydrogens (tertiary/aromatic N) is 4. The SMILES string of the molecule is Cc1ccc(-c2c(-c3nnc(SCC(=O)Nc4sc5c(c4C#N)CCCCC5)n3C)csc2C)cc1. The van der Waals surface area contributed by atoms with Crippen LogP contribution in [-0.2, 0) is 24.7 Å². The minimum Gasteiger partial charge on any atom is -0.316 e. The van der Waals surface area contributed by atoms with Crippen molar-refractivity contribution >= 4 is 45.3 Å². The highest BCUT2D eigenvalue weighted by Gasteiger charge is 2.22. The Labute approximate surface area is 223 Å². The summed E-state index contributed by atoms with van der Waals surface area (Å²) in [4.78, 5) is 15.3. The minimum absolute atomic E-state index is 0.135. The Hall–Kier alpha value is -2.93. The van der Waals surface area contributed by atoms with Gasteiger partial charge in [0.05, 0.1) is 11.3 Å². The van der Waals surface area contributed by atoms with E-state index in [9.17, 15) is 10.1 Å². The highest BCUT2D eigenvalue weighted by molar-refractivity contribution is 7.99. The van der Waals surface area contributed by atoms with E-state index in [2.05, 4.69) is 65.1 Å². The summed E-state index contributed by atoms with van der Waals surface area (Å²) < 4.78 is 1.95. The summed E-state index contributed by atoms with van der Waals surface area (Å²) in [6.45, 7) is 4.21. The smallest absolute Gasteiger partial charge is 0.235 e. The fraction of sp³-hybridized carbons (Fsp3) is 0.333. The van der Waals surface area contributed by atoms with Crippen molar-refractivity contribution in [3.8, 4) is 28.6 Å². The Morgan fingerprint density at radius 3 is 2.72 bits per heavy atom. The lowest BCUT2D eigenvalue weighted by molar-refractivity contribution is -0.113. The van der Waals surface area contributed by atoms with Gasteiger partial charge in [0.25, 0.3) is 0 Å². The molecule has 3 aromatic heterocycles. The first-order valence-electron chi connectivity index (χ1n) is 12.0. The van der Waals surface area contributed by atoms with Crippen LogP contribution in [0.15, 0.2) is 34.8 Å². The third-order valence-corrected chi connectivity index (χ3v) is 9.65. The van der Waals surface area contributed by atoms with Crippen molar-refractivity contribution < 1.29 is 4.79 Å². The van der Waals surface area contributed by atoms with Crippen molar-refractivity contribution in [3.05, 3.63) is 56.1 Å². The molecule has 0 radical (unpaired) electrons. The van der Waals surface area contributed by atoms with Crippen LogP contribution in [0.5, 0.6) is 0 Å². The Balaban J connectivity index is 1.31. The number of anilines is 1. The first-order chi connectivity index (χ1) is 17.5. The predicted octanol–water partition coefficient (Wildman–Crippen LogP) is 6.76. The van der Waals surface area contributed by atoms with Crippen LogP contribution < -0.4 is 5.32 Å². The lowest BCUT2D eigenvalue weighted by atomic mass is 10.0. The minimum atomic E-state index is -0.135. The Morgan fingerprint density at radius 1 is 1.17 bits per heavy atom. The molecule has 0 atom stereocenters. The van der Waals surface area contributed by atoms with Gasteiger partial charge in [0.1, 0.15) is 11.1 Å². The fourth-order valence-corrected chi connectivity index (χ4v) is 7.45. The number of nitrogens with one attached hydrogen (secondary N) is 1. The normalized spacial score (nSPS) is 13.2. The number of rotatable bonds is 6. The van der Waals surface area contributed by atoms with Gasteiger partial charge in [0, 0.05) is 33.3 Å². The maximum absolute atomic E-state index is 12.8. The largest absolute Gasteiger partial charge is 0.316 e. The first kappa shape index (κ1) is 24.8. The summed E-state index contributed by atoms with van der Waals surface area (Å²) >= 11 is 4.62. The van der Waals surface area contributed by atoms with Crippen molar-refractivity contribution in [2.75, 3.05) is 11.1 Å². The molecule has 0 saturated heterocycles. The lowest BCUT2D eigenvalue weighted by Crippen LogP contribution is -2.14. The summed E-state index contributed by atoms with van der Waals surface area (Å²) in [6, 6.07) is 10.9. The molecule has 3 heterocycles. The summed E-state index contributed by atoms with van der Waals surface area (Å²) in [5.41, 5.74) is 6.39. The van der Waals surface area contributed by atoms with Crippen LogP contribution in [0, 0.1) is 25.2 Å². The van der Waals surface area contributed by atoms with Gasteiger partial charge in [0.15, 0.2) is 11.0 Å². The summed E-state index contributed by atoms with van der Waals surface area (Å²) in [7, 11) is 1.94. The number of thiophene rings is 2. The van der Waals surface area contributed by atoms with Crippen molar-refractivity contribution in [2.24, 2.45) is 7.05 Å². The monoisotopic (exact) mass is 533 g/mol. The number of aryl methyl sites for hydroxylation is 3. The lowest BCUT2D eigenvalue weighted by Gasteiger charge is -2.08. The van der Waals surface area contributed by atoms with Gasteiger partial charge in [-0.1, -0.05) is 48.0 Å². The molecule has 0 spiro atoms.